The number of ether oxygens (including phenoxy) is 1. The lowest BCUT2D eigenvalue weighted by atomic mass is 9.91. The number of carbonyl (C=O) groups is 1. The summed E-state index contributed by atoms with van der Waals surface area (Å²) >= 11 is 0. The largest absolute Gasteiger partial charge is 0.444 e. The van der Waals surface area contributed by atoms with Crippen LogP contribution in [0.2, 0.25) is 0 Å². The summed E-state index contributed by atoms with van der Waals surface area (Å²) < 4.78 is 5.51. The summed E-state index contributed by atoms with van der Waals surface area (Å²) in [5.41, 5.74) is -0.392. The molecule has 19 heavy (non-hydrogen) atoms. The maximum atomic E-state index is 12.2. The van der Waals surface area contributed by atoms with Gasteiger partial charge in [0.1, 0.15) is 5.60 Å². The first-order valence-corrected chi connectivity index (χ1v) is 7.66. The smallest absolute Gasteiger partial charge is 0.410 e. The van der Waals surface area contributed by atoms with E-state index in [-0.39, 0.29) is 6.09 Å². The second-order valence-corrected chi connectivity index (χ2v) is 6.92. The van der Waals surface area contributed by atoms with E-state index in [1.807, 2.05) is 25.7 Å². The lowest BCUT2D eigenvalue weighted by Crippen LogP contribution is -2.42. The SMILES string of the molecule is CC(C)(C)OC(=O)N1CCCC1CC1CCCNC1. The molecule has 0 aromatic rings. The Hall–Kier alpha value is -0.770. The molecular weight excluding hydrogens is 240 g/mol. The number of hydrogen-bond acceptors (Lipinski definition) is 3. The molecule has 4 nitrogen and oxygen atoms in total. The topological polar surface area (TPSA) is 41.6 Å². The lowest BCUT2D eigenvalue weighted by Gasteiger charge is -2.32. The van der Waals surface area contributed by atoms with E-state index in [0.717, 1.165) is 44.8 Å². The second kappa shape index (κ2) is 6.12. The first-order valence-electron chi connectivity index (χ1n) is 7.66. The Balaban J connectivity index is 1.87. The average Bonchev–Trinajstić information content (AvgIpc) is 2.76. The predicted octanol–water partition coefficient (Wildman–Crippen LogP) is 2.78. The number of likely N-dealkylation sites (tertiary alicyclic amines) is 1. The number of rotatable bonds is 2. The van der Waals surface area contributed by atoms with Crippen LogP contribution in [0.25, 0.3) is 0 Å². The van der Waals surface area contributed by atoms with Crippen molar-refractivity contribution in [2.45, 2.75) is 64.5 Å². The highest BCUT2D eigenvalue weighted by Crippen LogP contribution is 2.27. The highest BCUT2D eigenvalue weighted by molar-refractivity contribution is 5.68. The molecule has 2 unspecified atom stereocenters. The fourth-order valence-electron chi connectivity index (χ4n) is 3.15. The molecular formula is C15H28N2O2. The Kier molecular flexibility index (Phi) is 4.71. The van der Waals surface area contributed by atoms with E-state index in [1.165, 1.54) is 12.8 Å². The van der Waals surface area contributed by atoms with E-state index in [9.17, 15) is 4.79 Å². The monoisotopic (exact) mass is 268 g/mol. The van der Waals surface area contributed by atoms with Gasteiger partial charge in [0.15, 0.2) is 0 Å². The minimum Gasteiger partial charge on any atom is -0.444 e. The van der Waals surface area contributed by atoms with Crippen LogP contribution in [-0.4, -0.2) is 42.3 Å². The highest BCUT2D eigenvalue weighted by atomic mass is 16.6. The standard InChI is InChI=1S/C15H28N2O2/c1-15(2,3)19-14(18)17-9-5-7-13(17)10-12-6-4-8-16-11-12/h12-13,16H,4-11H2,1-3H3. The molecule has 1 amide bonds. The Morgan fingerprint density at radius 2 is 2.11 bits per heavy atom. The normalized spacial score (nSPS) is 28.5. The van der Waals surface area contributed by atoms with Gasteiger partial charge in [0, 0.05) is 12.6 Å². The van der Waals surface area contributed by atoms with Crippen LogP contribution in [0, 0.1) is 5.92 Å². The molecule has 1 N–H and O–H groups in total. The Bertz CT molecular complexity index is 306. The number of hydrogen-bond donors (Lipinski definition) is 1. The number of nitrogens with zero attached hydrogens (tertiary/aromatic N) is 1. The summed E-state index contributed by atoms with van der Waals surface area (Å²) in [6.45, 7) is 8.92. The molecule has 2 fully saturated rings. The van der Waals surface area contributed by atoms with E-state index < -0.39 is 5.60 Å². The molecule has 2 heterocycles. The molecule has 2 rings (SSSR count). The molecule has 110 valence electrons. The van der Waals surface area contributed by atoms with Crippen LogP contribution in [-0.2, 0) is 4.74 Å². The van der Waals surface area contributed by atoms with Gasteiger partial charge in [-0.1, -0.05) is 0 Å². The van der Waals surface area contributed by atoms with Crippen LogP contribution in [0.4, 0.5) is 4.79 Å². The molecule has 4 heteroatoms. The van der Waals surface area contributed by atoms with Crippen LogP contribution in [0.1, 0.15) is 52.9 Å². The molecule has 2 aliphatic heterocycles. The van der Waals surface area contributed by atoms with Gasteiger partial charge < -0.3 is 15.0 Å². The molecule has 0 bridgehead atoms. The summed E-state index contributed by atoms with van der Waals surface area (Å²) in [6.07, 6.45) is 5.82. The molecule has 2 aliphatic rings. The minimum atomic E-state index is -0.392. The van der Waals surface area contributed by atoms with Gasteiger partial charge in [-0.05, 0) is 71.9 Å². The van der Waals surface area contributed by atoms with E-state index in [0.29, 0.717) is 6.04 Å². The fraction of sp³-hybridized carbons (Fsp3) is 0.933. The third-order valence-corrected chi connectivity index (χ3v) is 4.01. The highest BCUT2D eigenvalue weighted by Gasteiger charge is 2.33. The molecule has 0 aliphatic carbocycles. The average molecular weight is 268 g/mol. The van der Waals surface area contributed by atoms with Gasteiger partial charge in [0.25, 0.3) is 0 Å². The van der Waals surface area contributed by atoms with Crippen LogP contribution in [0.3, 0.4) is 0 Å². The molecule has 2 saturated heterocycles. The third-order valence-electron chi connectivity index (χ3n) is 4.01. The molecule has 0 aromatic carbocycles. The van der Waals surface area contributed by atoms with Gasteiger partial charge in [-0.2, -0.15) is 0 Å². The second-order valence-electron chi connectivity index (χ2n) is 6.92. The van der Waals surface area contributed by atoms with Crippen LogP contribution in [0.15, 0.2) is 0 Å². The maximum absolute atomic E-state index is 12.2. The molecule has 2 atom stereocenters. The zero-order valence-corrected chi connectivity index (χ0v) is 12.6. The van der Waals surface area contributed by atoms with Crippen molar-refractivity contribution in [1.29, 1.82) is 0 Å². The summed E-state index contributed by atoms with van der Waals surface area (Å²) in [4.78, 5) is 14.2. The maximum Gasteiger partial charge on any atom is 0.410 e. The Morgan fingerprint density at radius 3 is 2.74 bits per heavy atom. The van der Waals surface area contributed by atoms with E-state index >= 15 is 0 Å². The first kappa shape index (κ1) is 14.6. The van der Waals surface area contributed by atoms with Crippen molar-refractivity contribution in [3.05, 3.63) is 0 Å². The van der Waals surface area contributed by atoms with Gasteiger partial charge >= 0.3 is 6.09 Å². The van der Waals surface area contributed by atoms with Gasteiger partial charge in [0.2, 0.25) is 0 Å². The molecule has 0 aromatic heterocycles. The third kappa shape index (κ3) is 4.37. The zero-order chi connectivity index (χ0) is 13.9. The van der Waals surface area contributed by atoms with Gasteiger partial charge in [-0.15, -0.1) is 0 Å². The number of amides is 1. The van der Waals surface area contributed by atoms with Crippen LogP contribution < -0.4 is 5.32 Å². The summed E-state index contributed by atoms with van der Waals surface area (Å²) in [5, 5.41) is 3.46. The molecule has 0 radical (unpaired) electrons. The van der Waals surface area contributed by atoms with Gasteiger partial charge in [-0.3, -0.25) is 0 Å². The predicted molar refractivity (Wildman–Crippen MR) is 76.2 cm³/mol. The van der Waals surface area contributed by atoms with Crippen molar-refractivity contribution in [2.24, 2.45) is 5.92 Å². The van der Waals surface area contributed by atoms with Crippen molar-refractivity contribution >= 4 is 6.09 Å². The quantitative estimate of drug-likeness (QED) is 0.837. The lowest BCUT2D eigenvalue weighted by molar-refractivity contribution is 0.0205. The van der Waals surface area contributed by atoms with Crippen molar-refractivity contribution in [1.82, 2.24) is 10.2 Å². The zero-order valence-electron chi connectivity index (χ0n) is 12.6. The van der Waals surface area contributed by atoms with Crippen molar-refractivity contribution in [3.63, 3.8) is 0 Å². The minimum absolute atomic E-state index is 0.126. The van der Waals surface area contributed by atoms with Crippen LogP contribution >= 0.6 is 0 Å². The van der Waals surface area contributed by atoms with Crippen molar-refractivity contribution in [3.8, 4) is 0 Å². The van der Waals surface area contributed by atoms with Gasteiger partial charge in [0.05, 0.1) is 0 Å². The van der Waals surface area contributed by atoms with E-state index in [1.54, 1.807) is 0 Å². The summed E-state index contributed by atoms with van der Waals surface area (Å²) in [7, 11) is 0. The molecule has 0 spiro atoms. The van der Waals surface area contributed by atoms with Gasteiger partial charge in [-0.25, -0.2) is 4.79 Å². The fourth-order valence-corrected chi connectivity index (χ4v) is 3.15. The van der Waals surface area contributed by atoms with Crippen LogP contribution in [0.5, 0.6) is 0 Å². The Morgan fingerprint density at radius 1 is 1.32 bits per heavy atom. The summed E-state index contributed by atoms with van der Waals surface area (Å²) in [6, 6.07) is 0.389. The summed E-state index contributed by atoms with van der Waals surface area (Å²) in [5.74, 6) is 0.724. The van der Waals surface area contributed by atoms with Crippen molar-refractivity contribution in [2.75, 3.05) is 19.6 Å². The Labute approximate surface area is 116 Å². The molecule has 0 saturated carbocycles. The van der Waals surface area contributed by atoms with E-state index in [2.05, 4.69) is 5.32 Å². The van der Waals surface area contributed by atoms with E-state index in [4.69, 9.17) is 4.74 Å². The number of carbonyl (C=O) groups excluding carboxylic acids is 1. The number of nitrogens with one attached hydrogen (secondary N) is 1. The van der Waals surface area contributed by atoms with Crippen molar-refractivity contribution < 1.29 is 9.53 Å². The number of piperidine rings is 1. The first-order chi connectivity index (χ1) is 8.96.